The molecule has 0 saturated heterocycles. The van der Waals surface area contributed by atoms with Crippen LogP contribution in [0.2, 0.25) is 10.0 Å². The number of sulfone groups is 1. The van der Waals surface area contributed by atoms with Gasteiger partial charge in [0.15, 0.2) is 5.69 Å². The number of nitrogens with zero attached hydrogens (tertiary/aromatic N) is 3. The van der Waals surface area contributed by atoms with Gasteiger partial charge in [-0.05, 0) is 29.3 Å². The second kappa shape index (κ2) is 10.4. The minimum Gasteiger partial charge on any atom is -0.467 e. The number of carbonyl (C=O) groups excluding carboxylic acids is 1. The molecule has 174 valence electrons. The molecular weight excluding hydrogens is 497 g/mol. The summed E-state index contributed by atoms with van der Waals surface area (Å²) in [4.78, 5) is 22.9. The number of halogens is 2. The third kappa shape index (κ3) is 5.64. The first-order valence-corrected chi connectivity index (χ1v) is 12.6. The molecule has 0 bridgehead atoms. The Hall–Kier alpha value is -3.20. The largest absolute Gasteiger partial charge is 0.467 e. The van der Waals surface area contributed by atoms with E-state index in [1.165, 1.54) is 11.2 Å². The molecular formula is C24H19Cl2N3O4S. The Balaban J connectivity index is 1.66. The van der Waals surface area contributed by atoms with Crippen LogP contribution in [0.15, 0.2) is 88.8 Å². The molecule has 0 spiro atoms. The summed E-state index contributed by atoms with van der Waals surface area (Å²) in [5.41, 5.74) is 1.06. The molecule has 0 aliphatic carbocycles. The number of benzene rings is 2. The van der Waals surface area contributed by atoms with Gasteiger partial charge in [0.2, 0.25) is 15.0 Å². The Kier molecular flexibility index (Phi) is 7.31. The van der Waals surface area contributed by atoms with Crippen molar-refractivity contribution in [1.29, 1.82) is 0 Å². The van der Waals surface area contributed by atoms with Crippen LogP contribution in [0.1, 0.15) is 27.4 Å². The zero-order chi connectivity index (χ0) is 24.1. The molecule has 0 aliphatic rings. The fraction of sp³-hybridized carbons (Fsp3) is 0.125. The molecule has 0 unspecified atom stereocenters. The molecule has 10 heteroatoms. The van der Waals surface area contributed by atoms with E-state index in [0.717, 1.165) is 11.8 Å². The first-order chi connectivity index (χ1) is 16.3. The van der Waals surface area contributed by atoms with E-state index in [1.54, 1.807) is 36.4 Å². The summed E-state index contributed by atoms with van der Waals surface area (Å²) in [6.45, 7) is 0.380. The summed E-state index contributed by atoms with van der Waals surface area (Å²) in [5, 5.41) is -0.249. The highest BCUT2D eigenvalue weighted by Crippen LogP contribution is 2.23. The molecule has 0 N–H and O–H groups in total. The number of aromatic nitrogens is 2. The second-order valence-electron chi connectivity index (χ2n) is 7.43. The van der Waals surface area contributed by atoms with E-state index in [2.05, 4.69) is 9.97 Å². The van der Waals surface area contributed by atoms with Crippen LogP contribution < -0.4 is 0 Å². The van der Waals surface area contributed by atoms with Crippen LogP contribution in [0, 0.1) is 0 Å². The summed E-state index contributed by atoms with van der Waals surface area (Å²) in [5.74, 6) is -0.412. The standard InChI is InChI=1S/C24H19Cl2N3O4S/c25-20-11-5-4-9-18(20)16-34(31,32)24-27-13-21(26)22(28-24)23(30)29(15-19-10-6-12-33-19)14-17-7-2-1-3-8-17/h1-13H,14-16H2. The Morgan fingerprint density at radius 2 is 1.65 bits per heavy atom. The summed E-state index contributed by atoms with van der Waals surface area (Å²) in [6.07, 6.45) is 2.63. The third-order valence-electron chi connectivity index (χ3n) is 4.94. The first kappa shape index (κ1) is 23.9. The lowest BCUT2D eigenvalue weighted by Crippen LogP contribution is -2.31. The number of hydrogen-bond acceptors (Lipinski definition) is 6. The van der Waals surface area contributed by atoms with E-state index >= 15 is 0 Å². The number of carbonyl (C=O) groups is 1. The molecule has 0 aliphatic heterocycles. The molecule has 2 aromatic carbocycles. The minimum absolute atomic E-state index is 0.0563. The smallest absolute Gasteiger partial charge is 0.274 e. The summed E-state index contributed by atoms with van der Waals surface area (Å²) >= 11 is 12.4. The zero-order valence-corrected chi connectivity index (χ0v) is 20.1. The number of rotatable bonds is 8. The van der Waals surface area contributed by atoms with Crippen LogP contribution in [0.5, 0.6) is 0 Å². The predicted molar refractivity (Wildman–Crippen MR) is 128 cm³/mol. The molecule has 4 rings (SSSR count). The number of furan rings is 1. The minimum atomic E-state index is -4.00. The van der Waals surface area contributed by atoms with Crippen molar-refractivity contribution in [1.82, 2.24) is 14.9 Å². The highest BCUT2D eigenvalue weighted by molar-refractivity contribution is 7.90. The fourth-order valence-electron chi connectivity index (χ4n) is 3.28. The molecule has 1 amide bonds. The molecule has 2 heterocycles. The van der Waals surface area contributed by atoms with Gasteiger partial charge in [-0.1, -0.05) is 71.7 Å². The van der Waals surface area contributed by atoms with Crippen molar-refractivity contribution in [2.75, 3.05) is 0 Å². The van der Waals surface area contributed by atoms with Gasteiger partial charge >= 0.3 is 0 Å². The van der Waals surface area contributed by atoms with E-state index in [-0.39, 0.29) is 23.8 Å². The lowest BCUT2D eigenvalue weighted by Gasteiger charge is -2.22. The highest BCUT2D eigenvalue weighted by Gasteiger charge is 2.27. The lowest BCUT2D eigenvalue weighted by molar-refractivity contribution is 0.0710. The normalized spacial score (nSPS) is 11.4. The van der Waals surface area contributed by atoms with Gasteiger partial charge < -0.3 is 9.32 Å². The van der Waals surface area contributed by atoms with E-state index in [1.807, 2.05) is 30.3 Å². The average molecular weight is 516 g/mol. The number of amides is 1. The van der Waals surface area contributed by atoms with E-state index in [4.69, 9.17) is 27.6 Å². The highest BCUT2D eigenvalue weighted by atomic mass is 35.5. The maximum Gasteiger partial charge on any atom is 0.274 e. The van der Waals surface area contributed by atoms with Gasteiger partial charge in [0, 0.05) is 11.6 Å². The van der Waals surface area contributed by atoms with Gasteiger partial charge in [0.1, 0.15) is 5.76 Å². The molecule has 34 heavy (non-hydrogen) atoms. The monoisotopic (exact) mass is 515 g/mol. The summed E-state index contributed by atoms with van der Waals surface area (Å²) in [6, 6.07) is 19.4. The van der Waals surface area contributed by atoms with Gasteiger partial charge in [0.05, 0.1) is 29.8 Å². The molecule has 4 aromatic rings. The van der Waals surface area contributed by atoms with Crippen LogP contribution in [-0.2, 0) is 28.7 Å². The Bertz CT molecular complexity index is 1400. The fourth-order valence-corrected chi connectivity index (χ4v) is 4.97. The molecule has 0 saturated carbocycles. The average Bonchev–Trinajstić information content (AvgIpc) is 3.34. The van der Waals surface area contributed by atoms with Crippen LogP contribution in [-0.4, -0.2) is 29.2 Å². The van der Waals surface area contributed by atoms with Crippen LogP contribution in [0.25, 0.3) is 0 Å². The van der Waals surface area contributed by atoms with Crippen molar-refractivity contribution in [3.63, 3.8) is 0 Å². The molecule has 0 atom stereocenters. The van der Waals surface area contributed by atoms with Crippen molar-refractivity contribution in [3.05, 3.63) is 112 Å². The Morgan fingerprint density at radius 3 is 2.35 bits per heavy atom. The molecule has 0 radical (unpaired) electrons. The second-order valence-corrected chi connectivity index (χ2v) is 10.1. The molecule has 2 aromatic heterocycles. The maximum atomic E-state index is 13.5. The molecule has 7 nitrogen and oxygen atoms in total. The summed E-state index contributed by atoms with van der Waals surface area (Å²) in [7, 11) is -4.00. The van der Waals surface area contributed by atoms with Gasteiger partial charge in [-0.25, -0.2) is 18.4 Å². The molecule has 0 fully saturated rings. The number of hydrogen-bond donors (Lipinski definition) is 0. The van der Waals surface area contributed by atoms with Crippen LogP contribution in [0.4, 0.5) is 0 Å². The third-order valence-corrected chi connectivity index (χ3v) is 7.03. The Labute approximate surface area is 206 Å². The van der Waals surface area contributed by atoms with E-state index < -0.39 is 26.7 Å². The van der Waals surface area contributed by atoms with Crippen molar-refractivity contribution in [3.8, 4) is 0 Å². The van der Waals surface area contributed by atoms with Gasteiger partial charge in [-0.3, -0.25) is 4.79 Å². The zero-order valence-electron chi connectivity index (χ0n) is 17.8. The van der Waals surface area contributed by atoms with E-state index in [0.29, 0.717) is 16.3 Å². The van der Waals surface area contributed by atoms with Crippen molar-refractivity contribution >= 4 is 38.9 Å². The quantitative estimate of drug-likeness (QED) is 0.299. The van der Waals surface area contributed by atoms with Crippen molar-refractivity contribution in [2.45, 2.75) is 24.0 Å². The lowest BCUT2D eigenvalue weighted by atomic mass is 10.2. The SMILES string of the molecule is O=C(c1nc(S(=O)(=O)Cc2ccccc2Cl)ncc1Cl)N(Cc1ccccc1)Cc1ccco1. The topological polar surface area (TPSA) is 93.4 Å². The van der Waals surface area contributed by atoms with Crippen LogP contribution in [0.3, 0.4) is 0 Å². The van der Waals surface area contributed by atoms with Crippen molar-refractivity contribution in [2.24, 2.45) is 0 Å². The van der Waals surface area contributed by atoms with Crippen molar-refractivity contribution < 1.29 is 17.6 Å². The van der Waals surface area contributed by atoms with Gasteiger partial charge in [-0.2, -0.15) is 0 Å². The first-order valence-electron chi connectivity index (χ1n) is 10.2. The van der Waals surface area contributed by atoms with Crippen LogP contribution >= 0.6 is 23.2 Å². The maximum absolute atomic E-state index is 13.5. The van der Waals surface area contributed by atoms with E-state index in [9.17, 15) is 13.2 Å². The summed E-state index contributed by atoms with van der Waals surface area (Å²) < 4.78 is 31.4. The van der Waals surface area contributed by atoms with Gasteiger partial charge in [-0.15, -0.1) is 0 Å². The van der Waals surface area contributed by atoms with Gasteiger partial charge in [0.25, 0.3) is 5.91 Å². The Morgan fingerprint density at radius 1 is 0.912 bits per heavy atom. The predicted octanol–water partition coefficient (Wildman–Crippen LogP) is 5.19.